The summed E-state index contributed by atoms with van der Waals surface area (Å²) in [4.78, 5) is 0. The van der Waals surface area contributed by atoms with E-state index in [2.05, 4.69) is 20.8 Å². The fourth-order valence-corrected chi connectivity index (χ4v) is 0. The molecule has 37 valence electrons. The van der Waals surface area contributed by atoms with Gasteiger partial charge in [-0.15, -0.1) is 0 Å². The normalized spacial score (nSPS) is 16.0. The summed E-state index contributed by atoms with van der Waals surface area (Å²) in [6.07, 6.45) is 0. The van der Waals surface area contributed by atoms with Crippen molar-refractivity contribution in [2.45, 2.75) is 26.3 Å². The topological polar surface area (TPSA) is 0 Å². The van der Waals surface area contributed by atoms with Crippen LogP contribution in [0.5, 0.6) is 0 Å². The van der Waals surface area contributed by atoms with Crippen molar-refractivity contribution in [3.05, 3.63) is 5.92 Å². The van der Waals surface area contributed by atoms with Gasteiger partial charge in [0, 0.05) is 10.2 Å². The maximum absolute atomic E-state index is 2.27. The van der Waals surface area contributed by atoms with Gasteiger partial charge in [-0.05, 0) is 5.92 Å². The highest BCUT2D eigenvalue weighted by molar-refractivity contribution is 6.12. The fourth-order valence-electron chi connectivity index (χ4n) is 0. The highest BCUT2D eigenvalue weighted by Crippen LogP contribution is 2.11. The molecule has 1 radical (unpaired) electrons. The molecule has 1 heteroatoms. The average molecular weight is 101 g/mol. The van der Waals surface area contributed by atoms with Crippen molar-refractivity contribution < 1.29 is 0 Å². The van der Waals surface area contributed by atoms with E-state index in [0.29, 0.717) is 0 Å². The fraction of sp³-hybridized carbons (Fsp3) is 0.800. The van der Waals surface area contributed by atoms with Crippen LogP contribution >= 0.6 is 0 Å². The molecule has 6 heavy (non-hydrogen) atoms. The van der Waals surface area contributed by atoms with Crippen molar-refractivity contribution in [3.63, 3.8) is 0 Å². The number of rotatable bonds is 1. The minimum atomic E-state index is 0.907. The van der Waals surface area contributed by atoms with Crippen molar-refractivity contribution in [3.8, 4) is 0 Å². The maximum atomic E-state index is 2.27. The zero-order chi connectivity index (χ0) is 5.15. The highest BCUT2D eigenvalue weighted by Gasteiger charge is 1.96. The second-order valence-corrected chi connectivity index (χ2v) is 3.96. The van der Waals surface area contributed by atoms with Crippen LogP contribution < -0.4 is 0 Å². The largest absolute Gasteiger partial charge is 0.0652 e. The molecule has 0 N–H and O–H groups in total. The lowest BCUT2D eigenvalue weighted by atomic mass is 10.1. The van der Waals surface area contributed by atoms with E-state index in [9.17, 15) is 0 Å². The molecule has 1 atom stereocenters. The van der Waals surface area contributed by atoms with Gasteiger partial charge >= 0.3 is 0 Å². The average Bonchev–Trinajstić information content (AvgIpc) is 1.36. The van der Waals surface area contributed by atoms with E-state index in [-0.39, 0.29) is 0 Å². The van der Waals surface area contributed by atoms with Gasteiger partial charge in [-0.3, -0.25) is 0 Å². The van der Waals surface area contributed by atoms with Crippen molar-refractivity contribution in [2.24, 2.45) is 0 Å². The lowest BCUT2D eigenvalue weighted by molar-refractivity contribution is 0.918. The summed E-state index contributed by atoms with van der Waals surface area (Å²) in [6.45, 7) is 6.65. The molecule has 0 spiro atoms. The first-order valence-corrected chi connectivity index (χ1v) is 3.60. The zero-order valence-electron chi connectivity index (χ0n) is 5.08. The Hall–Kier alpha value is 0.217. The third kappa shape index (κ3) is 2.45. The van der Waals surface area contributed by atoms with Gasteiger partial charge in [0.2, 0.25) is 0 Å². The van der Waals surface area contributed by atoms with Gasteiger partial charge in [-0.25, -0.2) is 0 Å². The number of hydrogen-bond donors (Lipinski definition) is 0. The molecule has 0 aliphatic rings. The highest BCUT2D eigenvalue weighted by atomic mass is 28.1. The van der Waals surface area contributed by atoms with Gasteiger partial charge in [0.15, 0.2) is 0 Å². The van der Waals surface area contributed by atoms with Crippen LogP contribution in [0.3, 0.4) is 0 Å². The van der Waals surface area contributed by atoms with Gasteiger partial charge in [0.25, 0.3) is 0 Å². The zero-order valence-corrected chi connectivity index (χ0v) is 7.08. The van der Waals surface area contributed by atoms with E-state index >= 15 is 0 Å². The van der Waals surface area contributed by atoms with Crippen molar-refractivity contribution in [2.75, 3.05) is 0 Å². The summed E-state index contributed by atoms with van der Waals surface area (Å²) in [5.41, 5.74) is 0.907. The molecule has 0 amide bonds. The Kier molecular flexibility index (Phi) is 2.49. The summed E-state index contributed by atoms with van der Waals surface area (Å²) in [5.74, 6) is 1.57. The smallest absolute Gasteiger partial charge is 0.00708 e. The van der Waals surface area contributed by atoms with E-state index in [1.807, 2.05) is 0 Å². The van der Waals surface area contributed by atoms with Gasteiger partial charge in [0.05, 0.1) is 0 Å². The first kappa shape index (κ1) is 6.22. The molecule has 0 fully saturated rings. The molecule has 0 nitrogen and oxygen atoms in total. The Labute approximate surface area is 43.4 Å². The summed E-state index contributed by atoms with van der Waals surface area (Å²) in [6, 6.07) is 0. The predicted octanol–water partition coefficient (Wildman–Crippen LogP) is 0.774. The summed E-state index contributed by atoms with van der Waals surface area (Å²) in [7, 11) is 1.32. The number of hydrogen-bond acceptors (Lipinski definition) is 0. The lowest BCUT2D eigenvalue weighted by Gasteiger charge is -2.04. The Morgan fingerprint density at radius 3 is 1.67 bits per heavy atom. The Balaban J connectivity index is 2.99. The minimum Gasteiger partial charge on any atom is -0.0652 e. The minimum absolute atomic E-state index is 0.907. The molecular weight excluding hydrogens is 88.1 g/mol. The summed E-state index contributed by atoms with van der Waals surface area (Å²) in [5, 5.41) is 0. The first-order chi connectivity index (χ1) is 2.64. The molecule has 0 aromatic heterocycles. The third-order valence-corrected chi connectivity index (χ3v) is 2.31. The van der Waals surface area contributed by atoms with Crippen LogP contribution in [0.2, 0.25) is 5.54 Å². The molecule has 0 saturated heterocycles. The molecule has 0 aliphatic heterocycles. The van der Waals surface area contributed by atoms with E-state index < -0.39 is 0 Å². The van der Waals surface area contributed by atoms with Crippen LogP contribution in [0.25, 0.3) is 0 Å². The first-order valence-electron chi connectivity index (χ1n) is 2.44. The summed E-state index contributed by atoms with van der Waals surface area (Å²) < 4.78 is 0. The molecule has 0 aromatic carbocycles. The van der Waals surface area contributed by atoms with E-state index in [4.69, 9.17) is 0 Å². The van der Waals surface area contributed by atoms with Crippen LogP contribution in [0, 0.1) is 5.92 Å². The van der Waals surface area contributed by atoms with Gasteiger partial charge < -0.3 is 0 Å². The molecule has 0 heterocycles. The Bertz CT molecular complexity index is 24.9. The van der Waals surface area contributed by atoms with Crippen LogP contribution in [-0.4, -0.2) is 10.2 Å². The van der Waals surface area contributed by atoms with Crippen molar-refractivity contribution >= 4 is 10.2 Å². The monoisotopic (exact) mass is 101 g/mol. The second kappa shape index (κ2) is 2.40. The SMILES string of the molecule is C[C](C)C(C)[SiH3]. The van der Waals surface area contributed by atoms with Crippen LogP contribution in [0.1, 0.15) is 20.8 Å². The van der Waals surface area contributed by atoms with Crippen LogP contribution in [-0.2, 0) is 0 Å². The molecule has 0 aliphatic carbocycles. The summed E-state index contributed by atoms with van der Waals surface area (Å²) >= 11 is 0. The van der Waals surface area contributed by atoms with Crippen molar-refractivity contribution in [1.29, 1.82) is 0 Å². The molecular formula is C5H13Si. The van der Waals surface area contributed by atoms with E-state index in [0.717, 1.165) is 5.54 Å². The van der Waals surface area contributed by atoms with Gasteiger partial charge in [0.1, 0.15) is 0 Å². The standard InChI is InChI=1S/C5H13Si/c1-4(2)5(3)6/h5H,1-3,6H3. The van der Waals surface area contributed by atoms with Crippen molar-refractivity contribution in [1.82, 2.24) is 0 Å². The van der Waals surface area contributed by atoms with Gasteiger partial charge in [-0.1, -0.05) is 26.3 Å². The predicted molar refractivity (Wildman–Crippen MR) is 34.0 cm³/mol. The molecule has 1 unspecified atom stereocenters. The Morgan fingerprint density at radius 1 is 1.50 bits per heavy atom. The molecule has 0 bridgehead atoms. The van der Waals surface area contributed by atoms with Gasteiger partial charge in [-0.2, -0.15) is 0 Å². The lowest BCUT2D eigenvalue weighted by Crippen LogP contribution is -1.91. The van der Waals surface area contributed by atoms with Crippen LogP contribution in [0.4, 0.5) is 0 Å². The molecule has 0 rings (SSSR count). The van der Waals surface area contributed by atoms with E-state index in [1.54, 1.807) is 5.92 Å². The maximum Gasteiger partial charge on any atom is 0.00708 e. The van der Waals surface area contributed by atoms with E-state index in [1.165, 1.54) is 10.2 Å². The second-order valence-electron chi connectivity index (χ2n) is 2.23. The molecule has 0 saturated carbocycles. The quantitative estimate of drug-likeness (QED) is 0.428. The van der Waals surface area contributed by atoms with Crippen LogP contribution in [0.15, 0.2) is 0 Å². The third-order valence-electron chi connectivity index (χ3n) is 1.15. The Morgan fingerprint density at radius 2 is 1.67 bits per heavy atom. The molecule has 0 aromatic rings.